The summed E-state index contributed by atoms with van der Waals surface area (Å²) in [6.07, 6.45) is 0. The summed E-state index contributed by atoms with van der Waals surface area (Å²) in [5, 5.41) is 8.73. The molecule has 0 aromatic heterocycles. The van der Waals surface area contributed by atoms with Gasteiger partial charge in [0, 0.05) is 11.0 Å². The summed E-state index contributed by atoms with van der Waals surface area (Å²) >= 11 is 3.32. The van der Waals surface area contributed by atoms with Crippen molar-refractivity contribution in [2.45, 2.75) is 18.4 Å². The SMILES string of the molecule is Cc1ccc(S(=O)(=O)N(CC(=O)NO)Cc2ccc(Br)cc2)cc1. The zero-order valence-corrected chi connectivity index (χ0v) is 15.3. The maximum absolute atomic E-state index is 12.8. The molecule has 8 heteroatoms. The van der Waals surface area contributed by atoms with E-state index in [1.165, 1.54) is 17.6 Å². The summed E-state index contributed by atoms with van der Waals surface area (Å²) in [7, 11) is -3.88. The van der Waals surface area contributed by atoms with Crippen molar-refractivity contribution >= 4 is 31.9 Å². The monoisotopic (exact) mass is 412 g/mol. The summed E-state index contributed by atoms with van der Waals surface area (Å²) in [4.78, 5) is 11.6. The first-order chi connectivity index (χ1) is 11.3. The third-order valence-corrected chi connectivity index (χ3v) is 5.71. The van der Waals surface area contributed by atoms with E-state index in [1.54, 1.807) is 36.4 Å². The maximum atomic E-state index is 12.8. The molecule has 2 aromatic carbocycles. The number of hydrogen-bond donors (Lipinski definition) is 2. The molecule has 24 heavy (non-hydrogen) atoms. The first-order valence-electron chi connectivity index (χ1n) is 7.07. The Kier molecular flexibility index (Phi) is 6.11. The average Bonchev–Trinajstić information content (AvgIpc) is 2.56. The fraction of sp³-hybridized carbons (Fsp3) is 0.188. The molecule has 0 atom stereocenters. The van der Waals surface area contributed by atoms with E-state index in [0.29, 0.717) is 0 Å². The Bertz CT molecular complexity index is 805. The number of hydrogen-bond acceptors (Lipinski definition) is 4. The Hall–Kier alpha value is -1.74. The van der Waals surface area contributed by atoms with Crippen molar-refractivity contribution in [3.8, 4) is 0 Å². The highest BCUT2D eigenvalue weighted by atomic mass is 79.9. The second-order valence-electron chi connectivity index (χ2n) is 5.25. The minimum atomic E-state index is -3.88. The fourth-order valence-corrected chi connectivity index (χ4v) is 3.72. The molecule has 128 valence electrons. The summed E-state index contributed by atoms with van der Waals surface area (Å²) in [5.74, 6) is -0.803. The second kappa shape index (κ2) is 7.89. The zero-order chi connectivity index (χ0) is 17.7. The summed E-state index contributed by atoms with van der Waals surface area (Å²) in [5.41, 5.74) is 3.12. The summed E-state index contributed by atoms with van der Waals surface area (Å²) in [6.45, 7) is 1.38. The summed E-state index contributed by atoms with van der Waals surface area (Å²) < 4.78 is 27.5. The van der Waals surface area contributed by atoms with Gasteiger partial charge in [0.15, 0.2) is 0 Å². The molecule has 0 saturated carbocycles. The van der Waals surface area contributed by atoms with Crippen LogP contribution in [0.2, 0.25) is 0 Å². The Morgan fingerprint density at radius 1 is 1.12 bits per heavy atom. The lowest BCUT2D eigenvalue weighted by Gasteiger charge is -2.21. The van der Waals surface area contributed by atoms with Crippen LogP contribution in [0.25, 0.3) is 0 Å². The largest absolute Gasteiger partial charge is 0.289 e. The highest BCUT2D eigenvalue weighted by Crippen LogP contribution is 2.20. The highest BCUT2D eigenvalue weighted by molar-refractivity contribution is 9.10. The van der Waals surface area contributed by atoms with Crippen LogP contribution in [0.5, 0.6) is 0 Å². The molecule has 2 aromatic rings. The van der Waals surface area contributed by atoms with Gasteiger partial charge < -0.3 is 0 Å². The van der Waals surface area contributed by atoms with Gasteiger partial charge in [-0.05, 0) is 36.8 Å². The second-order valence-corrected chi connectivity index (χ2v) is 8.10. The lowest BCUT2D eigenvalue weighted by atomic mass is 10.2. The predicted molar refractivity (Wildman–Crippen MR) is 92.8 cm³/mol. The van der Waals surface area contributed by atoms with Crippen molar-refractivity contribution in [3.05, 3.63) is 64.1 Å². The molecule has 0 aliphatic carbocycles. The van der Waals surface area contributed by atoms with E-state index in [0.717, 1.165) is 19.9 Å². The first kappa shape index (κ1) is 18.6. The molecule has 0 spiro atoms. The van der Waals surface area contributed by atoms with Gasteiger partial charge in [-0.2, -0.15) is 4.31 Å². The van der Waals surface area contributed by atoms with E-state index in [1.807, 2.05) is 6.92 Å². The normalized spacial score (nSPS) is 11.5. The van der Waals surface area contributed by atoms with Crippen molar-refractivity contribution < 1.29 is 18.4 Å². The van der Waals surface area contributed by atoms with Crippen LogP contribution in [0, 0.1) is 6.92 Å². The van der Waals surface area contributed by atoms with Gasteiger partial charge in [0.25, 0.3) is 5.91 Å². The van der Waals surface area contributed by atoms with Gasteiger partial charge in [-0.1, -0.05) is 45.8 Å². The number of rotatable bonds is 6. The number of aryl methyl sites for hydroxylation is 1. The van der Waals surface area contributed by atoms with Crippen molar-refractivity contribution in [2.24, 2.45) is 0 Å². The molecule has 6 nitrogen and oxygen atoms in total. The van der Waals surface area contributed by atoms with E-state index < -0.39 is 22.5 Å². The Labute approximate surface area is 149 Å². The number of sulfonamides is 1. The van der Waals surface area contributed by atoms with Crippen molar-refractivity contribution in [1.82, 2.24) is 9.79 Å². The van der Waals surface area contributed by atoms with E-state index in [9.17, 15) is 13.2 Å². The van der Waals surface area contributed by atoms with Crippen LogP contribution >= 0.6 is 15.9 Å². The van der Waals surface area contributed by atoms with Crippen LogP contribution in [0.3, 0.4) is 0 Å². The number of hydroxylamine groups is 1. The first-order valence-corrected chi connectivity index (χ1v) is 9.30. The van der Waals surface area contributed by atoms with Crippen LogP contribution < -0.4 is 5.48 Å². The molecule has 0 saturated heterocycles. The van der Waals surface area contributed by atoms with Crippen LogP contribution in [0.1, 0.15) is 11.1 Å². The van der Waals surface area contributed by atoms with E-state index in [-0.39, 0.29) is 11.4 Å². The fourth-order valence-electron chi connectivity index (χ4n) is 2.07. The van der Waals surface area contributed by atoms with Crippen LogP contribution in [0.4, 0.5) is 0 Å². The molecular formula is C16H17BrN2O4S. The van der Waals surface area contributed by atoms with Crippen LogP contribution in [-0.4, -0.2) is 30.4 Å². The predicted octanol–water partition coefficient (Wildman–Crippen LogP) is 2.45. The standard InChI is InChI=1S/C16H17BrN2O4S/c1-12-2-8-15(9-3-12)24(22,23)19(11-16(20)18-21)10-13-4-6-14(17)7-5-13/h2-9,21H,10-11H2,1H3,(H,18,20). The number of carbonyl (C=O) groups excluding carboxylic acids is 1. The van der Waals surface area contributed by atoms with Crippen LogP contribution in [0.15, 0.2) is 57.9 Å². The van der Waals surface area contributed by atoms with Gasteiger partial charge in [-0.15, -0.1) is 0 Å². The molecule has 0 heterocycles. The number of carbonyl (C=O) groups is 1. The third-order valence-electron chi connectivity index (χ3n) is 3.38. The molecule has 0 radical (unpaired) electrons. The molecule has 0 unspecified atom stereocenters. The quantitative estimate of drug-likeness (QED) is 0.563. The average molecular weight is 413 g/mol. The molecule has 0 bridgehead atoms. The zero-order valence-electron chi connectivity index (χ0n) is 12.9. The smallest absolute Gasteiger partial charge is 0.258 e. The Morgan fingerprint density at radius 2 is 1.71 bits per heavy atom. The molecule has 2 rings (SSSR count). The lowest BCUT2D eigenvalue weighted by Crippen LogP contribution is -2.39. The van der Waals surface area contributed by atoms with Crippen molar-refractivity contribution in [1.29, 1.82) is 0 Å². The van der Waals surface area contributed by atoms with Crippen molar-refractivity contribution in [2.75, 3.05) is 6.54 Å². The Morgan fingerprint density at radius 3 is 2.25 bits per heavy atom. The highest BCUT2D eigenvalue weighted by Gasteiger charge is 2.26. The lowest BCUT2D eigenvalue weighted by molar-refractivity contribution is -0.129. The van der Waals surface area contributed by atoms with Gasteiger partial charge >= 0.3 is 0 Å². The maximum Gasteiger partial charge on any atom is 0.258 e. The number of benzene rings is 2. The molecular weight excluding hydrogens is 396 g/mol. The van der Waals surface area contributed by atoms with Crippen LogP contribution in [-0.2, 0) is 21.4 Å². The van der Waals surface area contributed by atoms with Gasteiger partial charge in [-0.25, -0.2) is 13.9 Å². The molecule has 0 fully saturated rings. The van der Waals surface area contributed by atoms with E-state index >= 15 is 0 Å². The Balaban J connectivity index is 2.35. The number of amides is 1. The van der Waals surface area contributed by atoms with Gasteiger partial charge in [0.1, 0.15) is 0 Å². The molecule has 1 amide bonds. The number of halogens is 1. The van der Waals surface area contributed by atoms with Gasteiger partial charge in [0.05, 0.1) is 11.4 Å². The van der Waals surface area contributed by atoms with E-state index in [2.05, 4.69) is 15.9 Å². The minimum Gasteiger partial charge on any atom is -0.289 e. The number of nitrogens with zero attached hydrogens (tertiary/aromatic N) is 1. The molecule has 0 aliphatic rings. The summed E-state index contributed by atoms with van der Waals surface area (Å²) in [6, 6.07) is 13.5. The van der Waals surface area contributed by atoms with E-state index in [4.69, 9.17) is 5.21 Å². The topological polar surface area (TPSA) is 86.7 Å². The number of nitrogens with one attached hydrogen (secondary N) is 1. The van der Waals surface area contributed by atoms with Gasteiger partial charge in [0.2, 0.25) is 10.0 Å². The minimum absolute atomic E-state index is 0.0108. The molecule has 2 N–H and O–H groups in total. The van der Waals surface area contributed by atoms with Gasteiger partial charge in [-0.3, -0.25) is 10.0 Å². The third kappa shape index (κ3) is 4.64. The van der Waals surface area contributed by atoms with Crippen molar-refractivity contribution in [3.63, 3.8) is 0 Å². The molecule has 0 aliphatic heterocycles.